The Bertz CT molecular complexity index is 698. The summed E-state index contributed by atoms with van der Waals surface area (Å²) in [5.41, 5.74) is 6.25. The van der Waals surface area contributed by atoms with Crippen molar-refractivity contribution in [1.82, 2.24) is 0 Å². The van der Waals surface area contributed by atoms with E-state index in [1.807, 2.05) is 0 Å². The van der Waals surface area contributed by atoms with E-state index >= 15 is 0 Å². The Hall–Kier alpha value is -2.82. The summed E-state index contributed by atoms with van der Waals surface area (Å²) in [6.45, 7) is 0.0967. The molecule has 22 heavy (non-hydrogen) atoms. The Balaban J connectivity index is 2.14. The zero-order valence-corrected chi connectivity index (χ0v) is 12.1. The molecule has 0 aliphatic rings. The van der Waals surface area contributed by atoms with Crippen molar-refractivity contribution in [3.63, 3.8) is 0 Å². The summed E-state index contributed by atoms with van der Waals surface area (Å²) in [6.07, 6.45) is 2.83. The number of hydrogen-bond acceptors (Lipinski definition) is 3. The van der Waals surface area contributed by atoms with Crippen molar-refractivity contribution < 1.29 is 18.7 Å². The molecular formula is C17H16FNO3. The van der Waals surface area contributed by atoms with E-state index in [0.717, 1.165) is 5.56 Å². The number of amides is 1. The van der Waals surface area contributed by atoms with Crippen LogP contribution in [0.15, 0.2) is 48.5 Å². The molecule has 0 aliphatic heterocycles. The number of benzene rings is 2. The first-order valence-electron chi connectivity index (χ1n) is 6.62. The van der Waals surface area contributed by atoms with Gasteiger partial charge in [-0.25, -0.2) is 4.39 Å². The molecule has 2 aromatic rings. The zero-order chi connectivity index (χ0) is 15.9. The second kappa shape index (κ2) is 7.26. The average Bonchev–Trinajstić information content (AvgIpc) is 2.52. The van der Waals surface area contributed by atoms with Crippen molar-refractivity contribution in [3.8, 4) is 11.5 Å². The van der Waals surface area contributed by atoms with Crippen LogP contribution < -0.4 is 15.2 Å². The number of rotatable bonds is 6. The molecule has 0 radical (unpaired) electrons. The molecule has 0 atom stereocenters. The van der Waals surface area contributed by atoms with Crippen LogP contribution in [0, 0.1) is 5.82 Å². The predicted molar refractivity (Wildman–Crippen MR) is 82.0 cm³/mol. The van der Waals surface area contributed by atoms with Gasteiger partial charge in [0, 0.05) is 11.6 Å². The SMILES string of the molecule is COc1cc(/C=C/C(N)=O)ccc1OCc1ccccc1F. The summed E-state index contributed by atoms with van der Waals surface area (Å²) in [6, 6.07) is 11.6. The van der Waals surface area contributed by atoms with Crippen LogP contribution in [0.3, 0.4) is 0 Å². The highest BCUT2D eigenvalue weighted by molar-refractivity contribution is 5.90. The summed E-state index contributed by atoms with van der Waals surface area (Å²) in [5.74, 6) is 0.131. The fourth-order valence-electron chi connectivity index (χ4n) is 1.86. The van der Waals surface area contributed by atoms with Gasteiger partial charge in [0.25, 0.3) is 0 Å². The third-order valence-corrected chi connectivity index (χ3v) is 2.97. The van der Waals surface area contributed by atoms with Crippen molar-refractivity contribution in [2.45, 2.75) is 6.61 Å². The van der Waals surface area contributed by atoms with Crippen molar-refractivity contribution in [3.05, 3.63) is 65.5 Å². The average molecular weight is 301 g/mol. The lowest BCUT2D eigenvalue weighted by Crippen LogP contribution is -2.05. The largest absolute Gasteiger partial charge is 0.493 e. The summed E-state index contributed by atoms with van der Waals surface area (Å²) in [7, 11) is 1.51. The Kier molecular flexibility index (Phi) is 5.14. The van der Waals surface area contributed by atoms with Gasteiger partial charge >= 0.3 is 0 Å². The van der Waals surface area contributed by atoms with Gasteiger partial charge in [0.05, 0.1) is 7.11 Å². The topological polar surface area (TPSA) is 61.5 Å². The minimum absolute atomic E-state index is 0.0967. The predicted octanol–water partition coefficient (Wildman–Crippen LogP) is 2.91. The maximum atomic E-state index is 13.6. The second-order valence-corrected chi connectivity index (χ2v) is 4.53. The van der Waals surface area contributed by atoms with Gasteiger partial charge in [-0.15, -0.1) is 0 Å². The number of primary amides is 1. The number of nitrogens with two attached hydrogens (primary N) is 1. The zero-order valence-electron chi connectivity index (χ0n) is 12.1. The van der Waals surface area contributed by atoms with Crippen LogP contribution >= 0.6 is 0 Å². The van der Waals surface area contributed by atoms with Crippen molar-refractivity contribution in [2.75, 3.05) is 7.11 Å². The normalized spacial score (nSPS) is 10.6. The first kappa shape index (κ1) is 15.6. The highest BCUT2D eigenvalue weighted by Crippen LogP contribution is 2.29. The van der Waals surface area contributed by atoms with Gasteiger partial charge in [0.2, 0.25) is 5.91 Å². The van der Waals surface area contributed by atoms with Crippen molar-refractivity contribution in [2.24, 2.45) is 5.73 Å². The van der Waals surface area contributed by atoms with Gasteiger partial charge in [0.1, 0.15) is 12.4 Å². The van der Waals surface area contributed by atoms with Crippen molar-refractivity contribution in [1.29, 1.82) is 0 Å². The molecule has 0 spiro atoms. The number of halogens is 1. The number of hydrogen-bond donors (Lipinski definition) is 1. The lowest BCUT2D eigenvalue weighted by molar-refractivity contribution is -0.113. The molecule has 0 unspecified atom stereocenters. The lowest BCUT2D eigenvalue weighted by Gasteiger charge is -2.11. The molecule has 0 heterocycles. The summed E-state index contributed by atoms with van der Waals surface area (Å²) in [5, 5.41) is 0. The van der Waals surface area contributed by atoms with E-state index in [4.69, 9.17) is 15.2 Å². The molecule has 0 aliphatic carbocycles. The summed E-state index contributed by atoms with van der Waals surface area (Å²) >= 11 is 0. The first-order valence-corrected chi connectivity index (χ1v) is 6.62. The van der Waals surface area contributed by atoms with E-state index in [2.05, 4.69) is 0 Å². The number of methoxy groups -OCH3 is 1. The fraction of sp³-hybridized carbons (Fsp3) is 0.118. The summed E-state index contributed by atoms with van der Waals surface area (Å²) in [4.78, 5) is 10.7. The molecule has 114 valence electrons. The van der Waals surface area contributed by atoms with Crippen LogP contribution in [0.2, 0.25) is 0 Å². The van der Waals surface area contributed by atoms with E-state index in [1.54, 1.807) is 42.5 Å². The molecule has 0 bridgehead atoms. The second-order valence-electron chi connectivity index (χ2n) is 4.53. The standard InChI is InChI=1S/C17H16FNO3/c1-21-16-10-12(7-9-17(19)20)6-8-15(16)22-11-13-4-2-3-5-14(13)18/h2-10H,11H2,1H3,(H2,19,20)/b9-7+. The van der Waals surface area contributed by atoms with E-state index in [9.17, 15) is 9.18 Å². The van der Waals surface area contributed by atoms with E-state index < -0.39 is 5.91 Å². The van der Waals surface area contributed by atoms with E-state index in [1.165, 1.54) is 19.3 Å². The highest BCUT2D eigenvalue weighted by Gasteiger charge is 2.07. The summed E-state index contributed by atoms with van der Waals surface area (Å²) < 4.78 is 24.4. The molecule has 2 N–H and O–H groups in total. The van der Waals surface area contributed by atoms with Gasteiger partial charge in [0.15, 0.2) is 11.5 Å². The molecule has 2 aromatic carbocycles. The molecule has 1 amide bonds. The van der Waals surface area contributed by atoms with Gasteiger partial charge < -0.3 is 15.2 Å². The van der Waals surface area contributed by atoms with Gasteiger partial charge in [-0.2, -0.15) is 0 Å². The maximum absolute atomic E-state index is 13.6. The molecule has 0 aromatic heterocycles. The van der Waals surface area contributed by atoms with Gasteiger partial charge in [-0.3, -0.25) is 4.79 Å². The molecule has 0 fully saturated rings. The van der Waals surface area contributed by atoms with Crippen LogP contribution in [0.25, 0.3) is 6.08 Å². The van der Waals surface area contributed by atoms with Crippen LogP contribution in [0.1, 0.15) is 11.1 Å². The van der Waals surface area contributed by atoms with E-state index in [-0.39, 0.29) is 12.4 Å². The van der Waals surface area contributed by atoms with Crippen LogP contribution in [-0.4, -0.2) is 13.0 Å². The first-order chi connectivity index (χ1) is 10.6. The minimum Gasteiger partial charge on any atom is -0.493 e. The van der Waals surface area contributed by atoms with Crippen molar-refractivity contribution >= 4 is 12.0 Å². The number of carbonyl (C=O) groups excluding carboxylic acids is 1. The quantitative estimate of drug-likeness (QED) is 0.834. The highest BCUT2D eigenvalue weighted by atomic mass is 19.1. The molecule has 5 heteroatoms. The molecular weight excluding hydrogens is 285 g/mol. The Labute approximate surface area is 128 Å². The molecule has 0 saturated carbocycles. The Morgan fingerprint density at radius 2 is 2.00 bits per heavy atom. The lowest BCUT2D eigenvalue weighted by atomic mass is 10.2. The smallest absolute Gasteiger partial charge is 0.241 e. The molecule has 2 rings (SSSR count). The third kappa shape index (κ3) is 4.09. The minimum atomic E-state index is -0.529. The Morgan fingerprint density at radius 3 is 2.68 bits per heavy atom. The van der Waals surface area contributed by atoms with Gasteiger partial charge in [-0.05, 0) is 29.8 Å². The molecule has 4 nitrogen and oxygen atoms in total. The van der Waals surface area contributed by atoms with Crippen LogP contribution in [-0.2, 0) is 11.4 Å². The van der Waals surface area contributed by atoms with Gasteiger partial charge in [-0.1, -0.05) is 24.3 Å². The Morgan fingerprint density at radius 1 is 1.23 bits per heavy atom. The third-order valence-electron chi connectivity index (χ3n) is 2.97. The fourth-order valence-corrected chi connectivity index (χ4v) is 1.86. The number of carbonyl (C=O) groups is 1. The van der Waals surface area contributed by atoms with Crippen LogP contribution in [0.4, 0.5) is 4.39 Å². The van der Waals surface area contributed by atoms with Crippen LogP contribution in [0.5, 0.6) is 11.5 Å². The molecule has 0 saturated heterocycles. The van der Waals surface area contributed by atoms with E-state index in [0.29, 0.717) is 17.1 Å². The monoisotopic (exact) mass is 301 g/mol. The maximum Gasteiger partial charge on any atom is 0.241 e. The number of ether oxygens (including phenoxy) is 2.